The zero-order valence-corrected chi connectivity index (χ0v) is 16.4. The minimum absolute atomic E-state index is 0.00220. The number of nitrogens with zero attached hydrogens (tertiary/aromatic N) is 2. The highest BCUT2D eigenvalue weighted by molar-refractivity contribution is 5.15. The second-order valence-corrected chi connectivity index (χ2v) is 8.54. The van der Waals surface area contributed by atoms with Gasteiger partial charge in [0.15, 0.2) is 0 Å². The highest BCUT2D eigenvalue weighted by Crippen LogP contribution is 2.38. The van der Waals surface area contributed by atoms with E-state index in [0.29, 0.717) is 11.8 Å². The fourth-order valence-corrected chi connectivity index (χ4v) is 4.48. The van der Waals surface area contributed by atoms with E-state index in [1.54, 1.807) is 6.07 Å². The number of rotatable bonds is 5. The van der Waals surface area contributed by atoms with E-state index in [-0.39, 0.29) is 11.7 Å². The summed E-state index contributed by atoms with van der Waals surface area (Å²) < 4.78 is 11.9. The van der Waals surface area contributed by atoms with Crippen LogP contribution in [-0.4, -0.2) is 34.6 Å². The van der Waals surface area contributed by atoms with Crippen molar-refractivity contribution in [1.82, 2.24) is 14.9 Å². The number of likely N-dealkylation sites (tertiary alicyclic amines) is 1. The minimum atomic E-state index is 0.00220. The number of H-pyrrole nitrogens is 1. The Morgan fingerprint density at radius 3 is 2.68 bits per heavy atom. The van der Waals surface area contributed by atoms with Crippen LogP contribution in [0.25, 0.3) is 0 Å². The molecule has 5 rings (SSSR count). The van der Waals surface area contributed by atoms with Crippen LogP contribution in [0.15, 0.2) is 27.4 Å². The first kappa shape index (κ1) is 18.1. The van der Waals surface area contributed by atoms with E-state index in [1.165, 1.54) is 6.42 Å². The van der Waals surface area contributed by atoms with Crippen LogP contribution in [-0.2, 0) is 11.3 Å². The van der Waals surface area contributed by atoms with Gasteiger partial charge in [-0.05, 0) is 70.2 Å². The van der Waals surface area contributed by atoms with Crippen molar-refractivity contribution in [2.75, 3.05) is 19.7 Å². The average Bonchev–Trinajstić information content (AvgIpc) is 3.48. The van der Waals surface area contributed by atoms with E-state index in [2.05, 4.69) is 22.0 Å². The first-order valence-electron chi connectivity index (χ1n) is 10.8. The van der Waals surface area contributed by atoms with E-state index in [1.807, 2.05) is 0 Å². The molecule has 0 spiro atoms. The van der Waals surface area contributed by atoms with Crippen molar-refractivity contribution in [3.63, 3.8) is 0 Å². The summed E-state index contributed by atoms with van der Waals surface area (Å²) in [6, 6.07) is 5.88. The molecule has 0 amide bonds. The summed E-state index contributed by atoms with van der Waals surface area (Å²) in [5.41, 5.74) is 0.988. The topological polar surface area (TPSA) is 71.4 Å². The first-order valence-corrected chi connectivity index (χ1v) is 10.8. The van der Waals surface area contributed by atoms with Crippen LogP contribution in [0.5, 0.6) is 0 Å². The number of aromatic nitrogens is 2. The average molecular weight is 383 g/mol. The van der Waals surface area contributed by atoms with Crippen molar-refractivity contribution in [3.05, 3.63) is 51.6 Å². The number of ether oxygens (including phenoxy) is 1. The Morgan fingerprint density at radius 2 is 1.93 bits per heavy atom. The van der Waals surface area contributed by atoms with Crippen molar-refractivity contribution >= 4 is 0 Å². The fourth-order valence-electron chi connectivity index (χ4n) is 4.48. The Labute approximate surface area is 165 Å². The molecule has 0 radical (unpaired) electrons. The Bertz CT molecular complexity index is 856. The van der Waals surface area contributed by atoms with Gasteiger partial charge in [0.05, 0.1) is 12.2 Å². The largest absolute Gasteiger partial charge is 0.462 e. The number of aromatic amines is 1. The second kappa shape index (κ2) is 7.84. The van der Waals surface area contributed by atoms with Gasteiger partial charge >= 0.3 is 0 Å². The maximum Gasteiger partial charge on any atom is 0.251 e. The number of nitrogens with one attached hydrogen (secondary N) is 1. The molecular formula is C22H29N3O3. The van der Waals surface area contributed by atoms with Gasteiger partial charge in [-0.1, -0.05) is 0 Å². The van der Waals surface area contributed by atoms with Crippen LogP contribution in [0.2, 0.25) is 0 Å². The molecule has 2 saturated heterocycles. The van der Waals surface area contributed by atoms with Gasteiger partial charge in [0.2, 0.25) is 0 Å². The lowest BCUT2D eigenvalue weighted by Crippen LogP contribution is -2.33. The third kappa shape index (κ3) is 4.08. The van der Waals surface area contributed by atoms with Crippen molar-refractivity contribution < 1.29 is 9.15 Å². The molecule has 2 aromatic rings. The third-order valence-electron chi connectivity index (χ3n) is 6.31. The Balaban J connectivity index is 1.17. The van der Waals surface area contributed by atoms with Crippen LogP contribution in [0.1, 0.15) is 85.9 Å². The smallest absolute Gasteiger partial charge is 0.251 e. The van der Waals surface area contributed by atoms with Gasteiger partial charge in [-0.25, -0.2) is 4.98 Å². The molecule has 2 aliphatic heterocycles. The summed E-state index contributed by atoms with van der Waals surface area (Å²) in [6.45, 7) is 3.70. The molecule has 0 unspecified atom stereocenters. The SMILES string of the molecule is O=c1cc(C2CCN(Cc3ccc([C@H]4CCCCO4)o3)CC2)nc(C2CC2)[nH]1. The van der Waals surface area contributed by atoms with Crippen LogP contribution in [0.3, 0.4) is 0 Å². The van der Waals surface area contributed by atoms with Crippen LogP contribution < -0.4 is 5.56 Å². The molecule has 2 aromatic heterocycles. The van der Waals surface area contributed by atoms with Gasteiger partial charge in [-0.15, -0.1) is 0 Å². The number of hydrogen-bond donors (Lipinski definition) is 1. The van der Waals surface area contributed by atoms with Gasteiger partial charge in [0.1, 0.15) is 23.4 Å². The second-order valence-electron chi connectivity index (χ2n) is 8.54. The zero-order valence-electron chi connectivity index (χ0n) is 16.4. The molecule has 1 aliphatic carbocycles. The van der Waals surface area contributed by atoms with Gasteiger partial charge < -0.3 is 14.1 Å². The molecule has 150 valence electrons. The molecule has 4 heterocycles. The predicted molar refractivity (Wildman–Crippen MR) is 105 cm³/mol. The van der Waals surface area contributed by atoms with Crippen molar-refractivity contribution in [1.29, 1.82) is 0 Å². The summed E-state index contributed by atoms with van der Waals surface area (Å²) >= 11 is 0. The Morgan fingerprint density at radius 1 is 1.07 bits per heavy atom. The standard InChI is InChI=1S/C22H29N3O3/c26-21-13-18(23-22(24-21)16-4-5-16)15-8-10-25(11-9-15)14-17-6-7-20(28-17)19-3-1-2-12-27-19/h6-7,13,15-16,19H,1-5,8-12,14H2,(H,23,24,26)/t19-/m1/s1. The first-order chi connectivity index (χ1) is 13.7. The summed E-state index contributed by atoms with van der Waals surface area (Å²) in [4.78, 5) is 22.1. The van der Waals surface area contributed by atoms with E-state index in [0.717, 1.165) is 87.8 Å². The summed E-state index contributed by atoms with van der Waals surface area (Å²) in [5, 5.41) is 0. The van der Waals surface area contributed by atoms with E-state index in [9.17, 15) is 4.79 Å². The third-order valence-corrected chi connectivity index (χ3v) is 6.31. The van der Waals surface area contributed by atoms with Crippen LogP contribution >= 0.6 is 0 Å². The Hall–Kier alpha value is -1.92. The molecule has 6 heteroatoms. The lowest BCUT2D eigenvalue weighted by Gasteiger charge is -2.31. The highest BCUT2D eigenvalue weighted by Gasteiger charge is 2.29. The predicted octanol–water partition coefficient (Wildman–Crippen LogP) is 3.86. The highest BCUT2D eigenvalue weighted by atomic mass is 16.5. The van der Waals surface area contributed by atoms with Gasteiger partial charge in [0, 0.05) is 24.5 Å². The zero-order chi connectivity index (χ0) is 18.9. The maximum absolute atomic E-state index is 12.0. The van der Waals surface area contributed by atoms with Gasteiger partial charge in [0.25, 0.3) is 5.56 Å². The summed E-state index contributed by atoms with van der Waals surface area (Å²) in [5.74, 6) is 3.77. The molecule has 1 N–H and O–H groups in total. The van der Waals surface area contributed by atoms with Crippen molar-refractivity contribution in [2.45, 2.75) is 69.4 Å². The molecule has 6 nitrogen and oxygen atoms in total. The molecule has 3 fully saturated rings. The lowest BCUT2D eigenvalue weighted by molar-refractivity contribution is 0.000765. The van der Waals surface area contributed by atoms with Gasteiger partial charge in [-0.2, -0.15) is 0 Å². The van der Waals surface area contributed by atoms with Gasteiger partial charge in [-0.3, -0.25) is 9.69 Å². The Kier molecular flexibility index (Phi) is 5.07. The van der Waals surface area contributed by atoms with Crippen molar-refractivity contribution in [3.8, 4) is 0 Å². The van der Waals surface area contributed by atoms with Crippen LogP contribution in [0, 0.1) is 0 Å². The fraction of sp³-hybridized carbons (Fsp3) is 0.636. The molecule has 1 atom stereocenters. The number of piperidine rings is 1. The monoisotopic (exact) mass is 383 g/mol. The molecule has 0 aromatic carbocycles. The van der Waals surface area contributed by atoms with E-state index < -0.39 is 0 Å². The van der Waals surface area contributed by atoms with E-state index >= 15 is 0 Å². The quantitative estimate of drug-likeness (QED) is 0.849. The molecule has 28 heavy (non-hydrogen) atoms. The normalized spacial score (nSPS) is 24.5. The molecular weight excluding hydrogens is 354 g/mol. The summed E-state index contributed by atoms with van der Waals surface area (Å²) in [7, 11) is 0. The molecule has 1 saturated carbocycles. The van der Waals surface area contributed by atoms with E-state index in [4.69, 9.17) is 14.1 Å². The molecule has 0 bridgehead atoms. The van der Waals surface area contributed by atoms with Crippen molar-refractivity contribution in [2.24, 2.45) is 0 Å². The lowest BCUT2D eigenvalue weighted by atomic mass is 9.93. The molecule has 3 aliphatic rings. The minimum Gasteiger partial charge on any atom is -0.462 e. The maximum atomic E-state index is 12.0. The number of furan rings is 1. The summed E-state index contributed by atoms with van der Waals surface area (Å²) in [6.07, 6.45) is 7.96. The van der Waals surface area contributed by atoms with Crippen LogP contribution in [0.4, 0.5) is 0 Å². The number of hydrogen-bond acceptors (Lipinski definition) is 5.